The number of halogens is 1. The van der Waals surface area contributed by atoms with Gasteiger partial charge in [0.05, 0.1) is 21.0 Å². The first kappa shape index (κ1) is 13.1. The first-order valence-electron chi connectivity index (χ1n) is 5.22. The Labute approximate surface area is 117 Å². The lowest BCUT2D eigenvalue weighted by Crippen LogP contribution is -1.92. The largest absolute Gasteiger partial charge is 0.455 e. The van der Waals surface area contributed by atoms with Gasteiger partial charge < -0.3 is 4.74 Å². The van der Waals surface area contributed by atoms with E-state index >= 15 is 0 Å². The van der Waals surface area contributed by atoms with E-state index in [0.717, 1.165) is 0 Å². The molecule has 19 heavy (non-hydrogen) atoms. The van der Waals surface area contributed by atoms with E-state index in [0.29, 0.717) is 15.8 Å². The molecule has 0 aliphatic carbocycles. The zero-order chi connectivity index (χ0) is 13.8. The summed E-state index contributed by atoms with van der Waals surface area (Å²) in [4.78, 5) is 10.2. The van der Waals surface area contributed by atoms with E-state index in [1.54, 1.807) is 24.3 Å². The molecule has 0 saturated carbocycles. The van der Waals surface area contributed by atoms with Gasteiger partial charge in [0.25, 0.3) is 5.69 Å². The molecule has 0 spiro atoms. The minimum Gasteiger partial charge on any atom is -0.455 e. The van der Waals surface area contributed by atoms with Crippen molar-refractivity contribution < 1.29 is 9.66 Å². The topological polar surface area (TPSA) is 76.2 Å². The Morgan fingerprint density at radius 3 is 2.63 bits per heavy atom. The number of nitro groups is 1. The molecule has 0 aliphatic heterocycles. The molecule has 0 heterocycles. The number of nitrogens with zero attached hydrogens (tertiary/aromatic N) is 2. The zero-order valence-electron chi connectivity index (χ0n) is 9.54. The van der Waals surface area contributed by atoms with Gasteiger partial charge in [-0.3, -0.25) is 10.1 Å². The Morgan fingerprint density at radius 2 is 1.95 bits per heavy atom. The first-order chi connectivity index (χ1) is 9.11. The van der Waals surface area contributed by atoms with E-state index in [9.17, 15) is 10.1 Å². The quantitative estimate of drug-likeness (QED) is 0.632. The molecule has 6 heteroatoms. The summed E-state index contributed by atoms with van der Waals surface area (Å²) < 4.78 is 6.12. The van der Waals surface area contributed by atoms with Gasteiger partial charge in [-0.05, 0) is 34.1 Å². The summed E-state index contributed by atoms with van der Waals surface area (Å²) in [7, 11) is 0. The highest BCUT2D eigenvalue weighted by molar-refractivity contribution is 9.10. The highest BCUT2D eigenvalue weighted by Gasteiger charge is 2.12. The predicted molar refractivity (Wildman–Crippen MR) is 72.0 cm³/mol. The van der Waals surface area contributed by atoms with Gasteiger partial charge in [-0.15, -0.1) is 0 Å². The van der Waals surface area contributed by atoms with E-state index in [1.807, 2.05) is 6.07 Å². The van der Waals surface area contributed by atoms with Crippen molar-refractivity contribution >= 4 is 21.6 Å². The Bertz CT molecular complexity index is 680. The molecule has 0 bridgehead atoms. The molecule has 2 rings (SSSR count). The third-order valence-electron chi connectivity index (χ3n) is 2.35. The molecule has 0 atom stereocenters. The normalized spacial score (nSPS) is 9.68. The second-order valence-electron chi connectivity index (χ2n) is 3.58. The number of para-hydroxylation sites is 1. The lowest BCUT2D eigenvalue weighted by Gasteiger charge is -2.08. The van der Waals surface area contributed by atoms with Crippen molar-refractivity contribution in [2.24, 2.45) is 0 Å². The van der Waals surface area contributed by atoms with Crippen LogP contribution in [0.15, 0.2) is 46.9 Å². The number of nitriles is 1. The lowest BCUT2D eigenvalue weighted by molar-refractivity contribution is -0.384. The minimum atomic E-state index is -0.504. The van der Waals surface area contributed by atoms with Crippen molar-refractivity contribution in [3.8, 4) is 17.6 Å². The van der Waals surface area contributed by atoms with Crippen LogP contribution in [0, 0.1) is 21.4 Å². The molecule has 0 fully saturated rings. The fourth-order valence-electron chi connectivity index (χ4n) is 1.45. The number of non-ortho nitro benzene ring substituents is 1. The van der Waals surface area contributed by atoms with Crippen LogP contribution < -0.4 is 4.74 Å². The van der Waals surface area contributed by atoms with Gasteiger partial charge in [-0.1, -0.05) is 12.1 Å². The third kappa shape index (κ3) is 2.89. The van der Waals surface area contributed by atoms with Crippen LogP contribution in [-0.2, 0) is 0 Å². The maximum atomic E-state index is 10.7. The fourth-order valence-corrected chi connectivity index (χ4v) is 1.78. The van der Waals surface area contributed by atoms with Gasteiger partial charge in [-0.25, -0.2) is 0 Å². The highest BCUT2D eigenvalue weighted by atomic mass is 79.9. The van der Waals surface area contributed by atoms with Gasteiger partial charge in [0, 0.05) is 6.07 Å². The molecule has 5 nitrogen and oxygen atoms in total. The summed E-state index contributed by atoms with van der Waals surface area (Å²) in [5, 5.41) is 19.7. The Hall–Kier alpha value is -2.39. The van der Waals surface area contributed by atoms with E-state index in [1.165, 1.54) is 18.2 Å². The summed E-state index contributed by atoms with van der Waals surface area (Å²) >= 11 is 3.25. The Morgan fingerprint density at radius 1 is 1.21 bits per heavy atom. The summed E-state index contributed by atoms with van der Waals surface area (Å²) in [6, 6.07) is 12.9. The van der Waals surface area contributed by atoms with E-state index in [-0.39, 0.29) is 11.4 Å². The summed E-state index contributed by atoms with van der Waals surface area (Å²) in [5.74, 6) is 0.642. The standard InChI is InChI=1S/C13H7BrN2O3/c14-11-6-5-10(16(17)18)7-13(11)19-12-4-2-1-3-9(12)8-15/h1-7H. The minimum absolute atomic E-state index is 0.0763. The number of ether oxygens (including phenoxy) is 1. The van der Waals surface area contributed by atoms with Crippen molar-refractivity contribution in [1.82, 2.24) is 0 Å². The third-order valence-corrected chi connectivity index (χ3v) is 3.01. The van der Waals surface area contributed by atoms with Crippen LogP contribution in [0.1, 0.15) is 5.56 Å². The van der Waals surface area contributed by atoms with E-state index in [4.69, 9.17) is 10.00 Å². The van der Waals surface area contributed by atoms with Crippen LogP contribution in [-0.4, -0.2) is 4.92 Å². The first-order valence-corrected chi connectivity index (χ1v) is 6.02. The Kier molecular flexibility index (Phi) is 3.78. The molecule has 0 amide bonds. The maximum Gasteiger partial charge on any atom is 0.273 e. The molecule has 2 aromatic carbocycles. The van der Waals surface area contributed by atoms with Gasteiger partial charge in [0.2, 0.25) is 0 Å². The summed E-state index contributed by atoms with van der Waals surface area (Å²) in [5.41, 5.74) is 0.286. The van der Waals surface area contributed by atoms with Gasteiger partial charge in [-0.2, -0.15) is 5.26 Å². The number of nitro benzene ring substituents is 1. The van der Waals surface area contributed by atoms with Crippen molar-refractivity contribution in [2.75, 3.05) is 0 Å². The summed E-state index contributed by atoms with van der Waals surface area (Å²) in [6.07, 6.45) is 0. The molecular weight excluding hydrogens is 312 g/mol. The van der Waals surface area contributed by atoms with Crippen LogP contribution >= 0.6 is 15.9 Å². The molecular formula is C13H7BrN2O3. The molecule has 0 aromatic heterocycles. The number of rotatable bonds is 3. The van der Waals surface area contributed by atoms with E-state index in [2.05, 4.69) is 15.9 Å². The molecule has 94 valence electrons. The second-order valence-corrected chi connectivity index (χ2v) is 4.44. The Balaban J connectivity index is 2.41. The zero-order valence-corrected chi connectivity index (χ0v) is 11.1. The van der Waals surface area contributed by atoms with Crippen LogP contribution in [0.25, 0.3) is 0 Å². The van der Waals surface area contributed by atoms with Gasteiger partial charge in [0.1, 0.15) is 17.6 Å². The van der Waals surface area contributed by atoms with Crippen LogP contribution in [0.4, 0.5) is 5.69 Å². The molecule has 0 unspecified atom stereocenters. The number of hydrogen-bond donors (Lipinski definition) is 0. The van der Waals surface area contributed by atoms with Crippen LogP contribution in [0.3, 0.4) is 0 Å². The van der Waals surface area contributed by atoms with Crippen LogP contribution in [0.5, 0.6) is 11.5 Å². The summed E-state index contributed by atoms with van der Waals surface area (Å²) in [6.45, 7) is 0. The van der Waals surface area contributed by atoms with Crippen molar-refractivity contribution in [3.63, 3.8) is 0 Å². The predicted octanol–water partition coefficient (Wildman–Crippen LogP) is 4.02. The fraction of sp³-hybridized carbons (Fsp3) is 0. The van der Waals surface area contributed by atoms with Gasteiger partial charge in [0.15, 0.2) is 0 Å². The van der Waals surface area contributed by atoms with Crippen molar-refractivity contribution in [1.29, 1.82) is 5.26 Å². The smallest absolute Gasteiger partial charge is 0.273 e. The number of hydrogen-bond acceptors (Lipinski definition) is 4. The maximum absolute atomic E-state index is 10.7. The van der Waals surface area contributed by atoms with Gasteiger partial charge >= 0.3 is 0 Å². The molecule has 2 aromatic rings. The molecule has 0 radical (unpaired) electrons. The monoisotopic (exact) mass is 318 g/mol. The molecule has 0 N–H and O–H groups in total. The second kappa shape index (κ2) is 5.50. The van der Waals surface area contributed by atoms with E-state index < -0.39 is 4.92 Å². The average Bonchev–Trinajstić information content (AvgIpc) is 2.41. The average molecular weight is 319 g/mol. The SMILES string of the molecule is N#Cc1ccccc1Oc1cc([N+](=O)[O-])ccc1Br. The molecule has 0 saturated heterocycles. The molecule has 0 aliphatic rings. The number of benzene rings is 2. The van der Waals surface area contributed by atoms with Crippen molar-refractivity contribution in [3.05, 3.63) is 62.6 Å². The highest BCUT2D eigenvalue weighted by Crippen LogP contribution is 2.34. The lowest BCUT2D eigenvalue weighted by atomic mass is 10.2. The van der Waals surface area contributed by atoms with Crippen LogP contribution in [0.2, 0.25) is 0 Å². The van der Waals surface area contributed by atoms with Crippen molar-refractivity contribution in [2.45, 2.75) is 0 Å².